The van der Waals surface area contributed by atoms with Crippen molar-refractivity contribution in [2.45, 2.75) is 6.54 Å². The zero-order valence-electron chi connectivity index (χ0n) is 22.0. The second-order valence-corrected chi connectivity index (χ2v) is 11.2. The minimum absolute atomic E-state index is 0.0546. The third-order valence-corrected chi connectivity index (χ3v) is 7.29. The lowest BCUT2D eigenvalue weighted by molar-refractivity contribution is -0.118. The second kappa shape index (κ2) is 13.6. The lowest BCUT2D eigenvalue weighted by Crippen LogP contribution is -2.29. The van der Waals surface area contributed by atoms with Gasteiger partial charge in [-0.2, -0.15) is 5.10 Å². The number of nitrogens with zero attached hydrogens (tertiary/aromatic N) is 2. The van der Waals surface area contributed by atoms with Gasteiger partial charge in [0.1, 0.15) is 5.75 Å². The van der Waals surface area contributed by atoms with Gasteiger partial charge in [0.15, 0.2) is 6.61 Å². The van der Waals surface area contributed by atoms with Crippen molar-refractivity contribution in [1.82, 2.24) is 5.43 Å². The minimum Gasteiger partial charge on any atom is -0.484 e. The number of amides is 2. The van der Waals surface area contributed by atoms with Gasteiger partial charge in [0.2, 0.25) is 10.0 Å². The summed E-state index contributed by atoms with van der Waals surface area (Å²) in [7, 11) is -3.61. The van der Waals surface area contributed by atoms with Crippen LogP contribution in [0.2, 0.25) is 5.02 Å². The summed E-state index contributed by atoms with van der Waals surface area (Å²) in [5.74, 6) is -0.233. The third kappa shape index (κ3) is 8.66. The van der Waals surface area contributed by atoms with E-state index in [0.717, 1.165) is 6.26 Å². The predicted molar refractivity (Wildman–Crippen MR) is 161 cm³/mol. The van der Waals surface area contributed by atoms with Gasteiger partial charge in [-0.05, 0) is 77.9 Å². The highest BCUT2D eigenvalue weighted by Gasteiger charge is 2.19. The number of hydrogen-bond donors (Lipinski definition) is 2. The Morgan fingerprint density at radius 3 is 2.22 bits per heavy atom. The van der Waals surface area contributed by atoms with Crippen molar-refractivity contribution in [3.05, 3.63) is 125 Å². The number of benzene rings is 4. The van der Waals surface area contributed by atoms with Crippen molar-refractivity contribution in [1.29, 1.82) is 0 Å². The average molecular weight is 591 g/mol. The number of carbonyl (C=O) groups is 2. The maximum Gasteiger partial charge on any atom is 0.271 e. The number of ether oxygens (including phenoxy) is 1. The van der Waals surface area contributed by atoms with Crippen molar-refractivity contribution >= 4 is 51.0 Å². The van der Waals surface area contributed by atoms with Gasteiger partial charge >= 0.3 is 0 Å². The zero-order valence-corrected chi connectivity index (χ0v) is 23.6. The van der Waals surface area contributed by atoms with E-state index in [2.05, 4.69) is 15.8 Å². The predicted octanol–water partition coefficient (Wildman–Crippen LogP) is 5.09. The summed E-state index contributed by atoms with van der Waals surface area (Å²) >= 11 is 6.21. The summed E-state index contributed by atoms with van der Waals surface area (Å²) in [5, 5.41) is 7.18. The monoisotopic (exact) mass is 590 g/mol. The molecule has 4 rings (SSSR count). The molecule has 0 aliphatic carbocycles. The SMILES string of the molecule is CS(=O)(=O)N(Cc1ccccc1Cl)c1ccc(C(=O)N/N=C\c2ccc(OCC(=O)Nc3ccccc3)cc2)cc1. The molecule has 0 saturated heterocycles. The molecular formula is C30H27ClN4O5S. The normalized spacial score (nSPS) is 11.2. The first-order chi connectivity index (χ1) is 19.7. The zero-order chi connectivity index (χ0) is 29.2. The smallest absolute Gasteiger partial charge is 0.271 e. The van der Waals surface area contributed by atoms with Gasteiger partial charge in [0.05, 0.1) is 24.7 Å². The second-order valence-electron chi connectivity index (χ2n) is 8.88. The van der Waals surface area contributed by atoms with Crippen molar-refractivity contribution in [3.8, 4) is 5.75 Å². The van der Waals surface area contributed by atoms with Crippen LogP contribution in [0.25, 0.3) is 0 Å². The summed E-state index contributed by atoms with van der Waals surface area (Å²) in [6.45, 7) is -0.0851. The summed E-state index contributed by atoms with van der Waals surface area (Å²) in [6.07, 6.45) is 2.58. The lowest BCUT2D eigenvalue weighted by atomic mass is 10.2. The number of para-hydroxylation sites is 1. The van der Waals surface area contributed by atoms with Crippen molar-refractivity contribution < 1.29 is 22.7 Å². The number of halogens is 1. The van der Waals surface area contributed by atoms with Gasteiger partial charge in [0.25, 0.3) is 11.8 Å². The van der Waals surface area contributed by atoms with Crippen LogP contribution in [0.5, 0.6) is 5.75 Å². The number of carbonyl (C=O) groups excluding carboxylic acids is 2. The van der Waals surface area contributed by atoms with E-state index >= 15 is 0 Å². The molecule has 2 N–H and O–H groups in total. The van der Waals surface area contributed by atoms with E-state index in [-0.39, 0.29) is 19.1 Å². The quantitative estimate of drug-likeness (QED) is 0.186. The number of sulfonamides is 1. The van der Waals surface area contributed by atoms with E-state index < -0.39 is 15.9 Å². The Labute approximate surface area is 243 Å². The topological polar surface area (TPSA) is 117 Å². The maximum absolute atomic E-state index is 12.6. The maximum atomic E-state index is 12.6. The number of hydrazone groups is 1. The van der Waals surface area contributed by atoms with Crippen molar-refractivity contribution in [2.24, 2.45) is 5.10 Å². The molecule has 0 heterocycles. The molecule has 210 valence electrons. The highest BCUT2D eigenvalue weighted by molar-refractivity contribution is 7.92. The Kier molecular flexibility index (Phi) is 9.73. The molecule has 0 aliphatic heterocycles. The Morgan fingerprint density at radius 2 is 1.56 bits per heavy atom. The Balaban J connectivity index is 1.30. The molecule has 0 radical (unpaired) electrons. The van der Waals surface area contributed by atoms with Gasteiger partial charge in [0, 0.05) is 16.3 Å². The van der Waals surface area contributed by atoms with Gasteiger partial charge in [-0.25, -0.2) is 13.8 Å². The standard InChI is InChI=1S/C30H27ClN4O5S/c1-41(38,39)35(20-24-7-5-6-10-28(24)31)26-15-13-23(14-16-26)30(37)34-32-19-22-11-17-27(18-12-22)40-21-29(36)33-25-8-3-2-4-9-25/h2-19H,20-21H2,1H3,(H,33,36)(H,34,37)/b32-19-. The van der Waals surface area contributed by atoms with Gasteiger partial charge in [-0.3, -0.25) is 13.9 Å². The number of hydrogen-bond acceptors (Lipinski definition) is 6. The highest BCUT2D eigenvalue weighted by atomic mass is 35.5. The van der Waals surface area contributed by atoms with E-state index in [0.29, 0.717) is 38.8 Å². The molecule has 0 saturated carbocycles. The Morgan fingerprint density at radius 1 is 0.902 bits per heavy atom. The number of anilines is 2. The van der Waals surface area contributed by atoms with Crippen LogP contribution in [0.4, 0.5) is 11.4 Å². The van der Waals surface area contributed by atoms with Gasteiger partial charge in [-0.1, -0.05) is 48.0 Å². The van der Waals surface area contributed by atoms with Crippen LogP contribution in [0.15, 0.2) is 108 Å². The molecule has 0 fully saturated rings. The first kappa shape index (κ1) is 29.3. The van der Waals surface area contributed by atoms with Crippen LogP contribution in [0.3, 0.4) is 0 Å². The number of nitrogens with one attached hydrogen (secondary N) is 2. The van der Waals surface area contributed by atoms with E-state index in [1.54, 1.807) is 72.8 Å². The molecule has 0 aromatic heterocycles. The third-order valence-electron chi connectivity index (χ3n) is 5.78. The van der Waals surface area contributed by atoms with Gasteiger partial charge < -0.3 is 10.1 Å². The van der Waals surface area contributed by atoms with Crippen LogP contribution in [-0.4, -0.2) is 39.3 Å². The summed E-state index contributed by atoms with van der Waals surface area (Å²) in [6, 6.07) is 29.1. The van der Waals surface area contributed by atoms with E-state index in [1.807, 2.05) is 18.2 Å². The highest BCUT2D eigenvalue weighted by Crippen LogP contribution is 2.24. The first-order valence-electron chi connectivity index (χ1n) is 12.4. The first-order valence-corrected chi connectivity index (χ1v) is 14.6. The minimum atomic E-state index is -3.61. The van der Waals surface area contributed by atoms with Crippen LogP contribution >= 0.6 is 11.6 Å². The lowest BCUT2D eigenvalue weighted by Gasteiger charge is -2.23. The molecule has 0 unspecified atom stereocenters. The molecule has 9 nitrogen and oxygen atoms in total. The molecule has 0 bridgehead atoms. The molecule has 4 aromatic rings. The molecule has 41 heavy (non-hydrogen) atoms. The van der Waals surface area contributed by atoms with E-state index in [9.17, 15) is 18.0 Å². The fourth-order valence-corrected chi connectivity index (χ4v) is 4.78. The summed E-state index contributed by atoms with van der Waals surface area (Å²) < 4.78 is 31.6. The Hall–Kier alpha value is -4.67. The fraction of sp³-hybridized carbons (Fsp3) is 0.100. The number of rotatable bonds is 11. The van der Waals surface area contributed by atoms with Crippen molar-refractivity contribution in [2.75, 3.05) is 22.5 Å². The Bertz CT molecular complexity index is 1630. The van der Waals surface area contributed by atoms with E-state index in [1.165, 1.54) is 22.7 Å². The molecule has 0 atom stereocenters. The van der Waals surface area contributed by atoms with Crippen LogP contribution in [0.1, 0.15) is 21.5 Å². The van der Waals surface area contributed by atoms with Crippen LogP contribution in [0, 0.1) is 0 Å². The molecule has 11 heteroatoms. The molecule has 2 amide bonds. The molecule has 0 spiro atoms. The largest absolute Gasteiger partial charge is 0.484 e. The summed E-state index contributed by atoms with van der Waals surface area (Å²) in [5.41, 5.74) is 5.19. The molecule has 4 aromatic carbocycles. The van der Waals surface area contributed by atoms with Crippen molar-refractivity contribution in [3.63, 3.8) is 0 Å². The molecule has 0 aliphatic rings. The fourth-order valence-electron chi connectivity index (χ4n) is 3.71. The average Bonchev–Trinajstić information content (AvgIpc) is 2.96. The van der Waals surface area contributed by atoms with Crippen LogP contribution < -0.4 is 19.8 Å². The van der Waals surface area contributed by atoms with Crippen LogP contribution in [-0.2, 0) is 21.4 Å². The van der Waals surface area contributed by atoms with Gasteiger partial charge in [-0.15, -0.1) is 0 Å². The summed E-state index contributed by atoms with van der Waals surface area (Å²) in [4.78, 5) is 24.6. The van der Waals surface area contributed by atoms with E-state index in [4.69, 9.17) is 16.3 Å². The molecular weight excluding hydrogens is 564 g/mol.